The van der Waals surface area contributed by atoms with E-state index in [9.17, 15) is 18.8 Å². The molecule has 1 saturated heterocycles. The molecule has 13 heteroatoms. The Balaban J connectivity index is 1.71. The number of fused-ring (bicyclic) bond motifs is 2. The van der Waals surface area contributed by atoms with E-state index in [-0.39, 0.29) is 80.0 Å². The summed E-state index contributed by atoms with van der Waals surface area (Å²) >= 11 is 7.55. The summed E-state index contributed by atoms with van der Waals surface area (Å²) in [7, 11) is 1.30. The molecule has 0 aliphatic carbocycles. The normalized spacial score (nSPS) is 13.7. The zero-order valence-electron chi connectivity index (χ0n) is 19.8. The molecule has 0 saturated carbocycles. The van der Waals surface area contributed by atoms with Crippen molar-refractivity contribution in [3.8, 4) is 23.1 Å². The summed E-state index contributed by atoms with van der Waals surface area (Å²) in [4.78, 5) is 23.5. The Morgan fingerprint density at radius 2 is 1.95 bits per heavy atom. The van der Waals surface area contributed by atoms with Crippen LogP contribution in [-0.2, 0) is 4.79 Å². The number of amides is 1. The van der Waals surface area contributed by atoms with Gasteiger partial charge in [-0.25, -0.2) is 23.1 Å². The molecular formula is C25H18ClF3N6O2S. The van der Waals surface area contributed by atoms with Gasteiger partial charge in [-0.05, 0) is 18.2 Å². The first kappa shape index (κ1) is 25.6. The lowest BCUT2D eigenvalue weighted by atomic mass is 9.99. The number of hydrogen-bond acceptors (Lipinski definition) is 8. The lowest BCUT2D eigenvalue weighted by molar-refractivity contribution is -0.128. The summed E-state index contributed by atoms with van der Waals surface area (Å²) < 4.78 is 49.5. The van der Waals surface area contributed by atoms with Gasteiger partial charge in [-0.1, -0.05) is 29.5 Å². The largest absolute Gasteiger partial charge is 0.480 e. The molecule has 0 bridgehead atoms. The van der Waals surface area contributed by atoms with Gasteiger partial charge in [0.25, 0.3) is 5.91 Å². The summed E-state index contributed by atoms with van der Waals surface area (Å²) in [5, 5.41) is 10.3. The van der Waals surface area contributed by atoms with Crippen LogP contribution in [0.15, 0.2) is 30.6 Å². The van der Waals surface area contributed by atoms with E-state index in [0.717, 1.165) is 11.3 Å². The van der Waals surface area contributed by atoms with Gasteiger partial charge < -0.3 is 20.3 Å². The van der Waals surface area contributed by atoms with Crippen LogP contribution in [0.2, 0.25) is 5.02 Å². The Bertz CT molecular complexity index is 1690. The number of benzene rings is 2. The van der Waals surface area contributed by atoms with Crippen molar-refractivity contribution in [3.63, 3.8) is 0 Å². The predicted octanol–water partition coefficient (Wildman–Crippen LogP) is 5.04. The number of nitrogen functional groups attached to an aromatic ring is 1. The van der Waals surface area contributed by atoms with Crippen molar-refractivity contribution in [2.24, 2.45) is 0 Å². The number of anilines is 2. The zero-order valence-corrected chi connectivity index (χ0v) is 21.4. The molecule has 5 rings (SSSR count). The lowest BCUT2D eigenvalue weighted by Gasteiger charge is -2.36. The number of piperazine rings is 1. The summed E-state index contributed by atoms with van der Waals surface area (Å²) in [6, 6.07) is 6.08. The Kier molecular flexibility index (Phi) is 6.50. The first-order valence-electron chi connectivity index (χ1n) is 11.2. The number of nitriles is 1. The molecule has 2 N–H and O–H groups in total. The van der Waals surface area contributed by atoms with Crippen molar-refractivity contribution in [2.45, 2.75) is 0 Å². The number of nitrogens with zero attached hydrogens (tertiary/aromatic N) is 5. The number of nitrogens with two attached hydrogens (primary N) is 1. The third kappa shape index (κ3) is 4.04. The highest BCUT2D eigenvalue weighted by Crippen LogP contribution is 2.44. The topological polar surface area (TPSA) is 108 Å². The molecule has 2 aromatic heterocycles. The Hall–Kier alpha value is -4.08. The second kappa shape index (κ2) is 9.66. The molecule has 3 heterocycles. The number of carbonyl (C=O) groups excluding carboxylic acids is 1. The molecule has 8 nitrogen and oxygen atoms in total. The van der Waals surface area contributed by atoms with E-state index >= 15 is 4.39 Å². The maximum absolute atomic E-state index is 16.2. The van der Waals surface area contributed by atoms with E-state index in [4.69, 9.17) is 22.1 Å². The van der Waals surface area contributed by atoms with E-state index in [0.29, 0.717) is 5.69 Å². The number of aromatic nitrogens is 2. The number of pyridine rings is 1. The average molecular weight is 559 g/mol. The van der Waals surface area contributed by atoms with Gasteiger partial charge in [0, 0.05) is 42.7 Å². The zero-order chi connectivity index (χ0) is 27.3. The highest BCUT2D eigenvalue weighted by atomic mass is 35.5. The van der Waals surface area contributed by atoms with Crippen LogP contribution in [0, 0.1) is 23.0 Å². The number of thiazole rings is 1. The van der Waals surface area contributed by atoms with E-state index in [2.05, 4.69) is 22.6 Å². The lowest BCUT2D eigenvalue weighted by Crippen LogP contribution is -2.49. The maximum atomic E-state index is 16.2. The minimum atomic E-state index is -1.06. The molecule has 0 unspecified atom stereocenters. The summed E-state index contributed by atoms with van der Waals surface area (Å²) in [5.74, 6) is -3.36. The fourth-order valence-electron chi connectivity index (χ4n) is 4.61. The van der Waals surface area contributed by atoms with Crippen LogP contribution in [0.4, 0.5) is 24.0 Å². The van der Waals surface area contributed by atoms with Gasteiger partial charge in [-0.2, -0.15) is 5.26 Å². The third-order valence-electron chi connectivity index (χ3n) is 6.31. The van der Waals surface area contributed by atoms with Crippen LogP contribution in [0.5, 0.6) is 5.88 Å². The van der Waals surface area contributed by atoms with Crippen LogP contribution in [-0.4, -0.2) is 54.1 Å². The fraction of sp³-hybridized carbons (Fsp3) is 0.200. The predicted molar refractivity (Wildman–Crippen MR) is 140 cm³/mol. The van der Waals surface area contributed by atoms with Gasteiger partial charge in [0.1, 0.15) is 23.0 Å². The quantitative estimate of drug-likeness (QED) is 0.350. The first-order chi connectivity index (χ1) is 18.2. The molecule has 0 radical (unpaired) electrons. The summed E-state index contributed by atoms with van der Waals surface area (Å²) in [6.07, 6.45) is 0. The Morgan fingerprint density at radius 3 is 2.58 bits per heavy atom. The first-order valence-corrected chi connectivity index (χ1v) is 12.4. The second-order valence-electron chi connectivity index (χ2n) is 8.41. The van der Waals surface area contributed by atoms with Crippen molar-refractivity contribution >= 4 is 60.8 Å². The van der Waals surface area contributed by atoms with Crippen LogP contribution in [0.1, 0.15) is 5.56 Å². The van der Waals surface area contributed by atoms with Gasteiger partial charge >= 0.3 is 0 Å². The number of carbonyl (C=O) groups is 1. The molecule has 194 valence electrons. The van der Waals surface area contributed by atoms with Crippen LogP contribution < -0.4 is 15.4 Å². The fourth-order valence-corrected chi connectivity index (χ4v) is 5.67. The van der Waals surface area contributed by atoms with Gasteiger partial charge in [-0.3, -0.25) is 4.79 Å². The van der Waals surface area contributed by atoms with Crippen LogP contribution in [0.3, 0.4) is 0 Å². The Labute approximate surface area is 223 Å². The van der Waals surface area contributed by atoms with Gasteiger partial charge in [0.15, 0.2) is 16.8 Å². The number of halogens is 4. The minimum absolute atomic E-state index is 0.0193. The molecule has 0 atom stereocenters. The van der Waals surface area contributed by atoms with Gasteiger partial charge in [0.2, 0.25) is 5.88 Å². The molecule has 38 heavy (non-hydrogen) atoms. The molecular weight excluding hydrogens is 541 g/mol. The molecule has 0 spiro atoms. The van der Waals surface area contributed by atoms with E-state index in [1.807, 2.05) is 0 Å². The highest BCUT2D eigenvalue weighted by molar-refractivity contribution is 7.22. The van der Waals surface area contributed by atoms with Crippen molar-refractivity contribution in [1.82, 2.24) is 14.9 Å². The number of methoxy groups -OCH3 is 1. The van der Waals surface area contributed by atoms with Crippen LogP contribution in [0.25, 0.3) is 32.2 Å². The SMILES string of the molecule is C=C(F)C(=O)N1CCN(c2c(C#N)c(OC)nc3c(F)c(-c4ccc(F)c5sc(N)nc45)c(Cl)cc23)CC1. The van der Waals surface area contributed by atoms with Crippen molar-refractivity contribution in [3.05, 3.63) is 52.8 Å². The monoisotopic (exact) mass is 558 g/mol. The van der Waals surface area contributed by atoms with E-state index in [1.165, 1.54) is 30.2 Å². The van der Waals surface area contributed by atoms with E-state index < -0.39 is 23.4 Å². The van der Waals surface area contributed by atoms with Crippen LogP contribution >= 0.6 is 22.9 Å². The standard InChI is InChI=1S/C25H18ClF3N6O2S/c1-11(27)24(36)35-7-5-34(6-8-35)21-13-9-15(26)17(18(29)19(13)32-23(37-2)14(21)10-30)12-3-4-16(28)22-20(12)33-25(31)38-22/h3-4,9H,1,5-8H2,2H3,(H2,31,33). The summed E-state index contributed by atoms with van der Waals surface area (Å²) in [5.41, 5.74) is 6.34. The summed E-state index contributed by atoms with van der Waals surface area (Å²) in [6.45, 7) is 3.77. The number of ether oxygens (including phenoxy) is 1. The molecule has 4 aromatic rings. The maximum Gasteiger partial charge on any atom is 0.282 e. The molecule has 1 aliphatic heterocycles. The number of rotatable bonds is 4. The minimum Gasteiger partial charge on any atom is -0.480 e. The third-order valence-corrected chi connectivity index (χ3v) is 7.50. The van der Waals surface area contributed by atoms with Crippen molar-refractivity contribution in [1.29, 1.82) is 5.26 Å². The second-order valence-corrected chi connectivity index (χ2v) is 9.85. The van der Waals surface area contributed by atoms with Crippen molar-refractivity contribution in [2.75, 3.05) is 43.9 Å². The van der Waals surface area contributed by atoms with E-state index in [1.54, 1.807) is 4.90 Å². The van der Waals surface area contributed by atoms with Gasteiger partial charge in [-0.15, -0.1) is 0 Å². The molecule has 1 amide bonds. The smallest absolute Gasteiger partial charge is 0.282 e. The van der Waals surface area contributed by atoms with Gasteiger partial charge in [0.05, 0.1) is 28.0 Å². The molecule has 1 fully saturated rings. The van der Waals surface area contributed by atoms with Crippen molar-refractivity contribution < 1.29 is 22.7 Å². The number of hydrogen-bond donors (Lipinski definition) is 1. The average Bonchev–Trinajstić information content (AvgIpc) is 3.31. The molecule has 2 aromatic carbocycles. The highest BCUT2D eigenvalue weighted by Gasteiger charge is 2.30. The molecule has 1 aliphatic rings. The Morgan fingerprint density at radius 1 is 1.24 bits per heavy atom.